The summed E-state index contributed by atoms with van der Waals surface area (Å²) in [6.45, 7) is 1.39. The van der Waals surface area contributed by atoms with Gasteiger partial charge in [-0.2, -0.15) is 5.10 Å². The number of hydrogen-bond donors (Lipinski definition) is 1. The van der Waals surface area contributed by atoms with Gasteiger partial charge < -0.3 is 9.47 Å². The van der Waals surface area contributed by atoms with Crippen LogP contribution in [0.5, 0.6) is 11.5 Å². The molecule has 218 valence electrons. The van der Waals surface area contributed by atoms with Crippen molar-refractivity contribution in [3.63, 3.8) is 0 Å². The van der Waals surface area contributed by atoms with Crippen molar-refractivity contribution in [1.82, 2.24) is 5.43 Å². The third-order valence-corrected chi connectivity index (χ3v) is 9.25. The maximum atomic E-state index is 13.6. The molecule has 8 nitrogen and oxygen atoms in total. The van der Waals surface area contributed by atoms with Gasteiger partial charge in [-0.25, -0.2) is 13.8 Å². The second-order valence-electron chi connectivity index (χ2n) is 8.92. The van der Waals surface area contributed by atoms with E-state index < -0.39 is 22.5 Å². The Labute approximate surface area is 263 Å². The summed E-state index contributed by atoms with van der Waals surface area (Å²) in [5.41, 5.74) is 4.61. The van der Waals surface area contributed by atoms with Crippen LogP contribution in [-0.2, 0) is 21.4 Å². The van der Waals surface area contributed by atoms with Gasteiger partial charge in [0.05, 0.1) is 28.4 Å². The first-order chi connectivity index (χ1) is 20.1. The van der Waals surface area contributed by atoms with Gasteiger partial charge in [-0.3, -0.25) is 9.10 Å². The number of hydrazone groups is 1. The summed E-state index contributed by atoms with van der Waals surface area (Å²) in [6.07, 6.45) is 1.41. The Hall–Kier alpha value is -3.57. The minimum atomic E-state index is -4.10. The highest BCUT2D eigenvalue weighted by atomic mass is 79.9. The molecular weight excluding hydrogens is 665 g/mol. The Morgan fingerprint density at radius 1 is 1.00 bits per heavy atom. The fraction of sp³-hybridized carbons (Fsp3) is 0.133. The van der Waals surface area contributed by atoms with E-state index in [1.165, 1.54) is 25.5 Å². The average Bonchev–Trinajstić information content (AvgIpc) is 2.98. The number of halogens is 3. The molecule has 0 aliphatic carbocycles. The van der Waals surface area contributed by atoms with Crippen LogP contribution in [-0.4, -0.2) is 34.2 Å². The van der Waals surface area contributed by atoms with Crippen LogP contribution in [0.25, 0.3) is 0 Å². The third-order valence-electron chi connectivity index (χ3n) is 6.11. The Bertz CT molecular complexity index is 1720. The van der Waals surface area contributed by atoms with Gasteiger partial charge in [-0.1, -0.05) is 65.7 Å². The molecule has 1 N–H and O–H groups in total. The van der Waals surface area contributed by atoms with E-state index in [1.54, 1.807) is 61.5 Å². The van der Waals surface area contributed by atoms with Crippen molar-refractivity contribution in [3.8, 4) is 11.5 Å². The zero-order chi connectivity index (χ0) is 30.3. The summed E-state index contributed by atoms with van der Waals surface area (Å²) in [6, 6.07) is 23.5. The minimum Gasteiger partial charge on any atom is -0.493 e. The SMILES string of the molecule is COc1cc(/C=N\NC(=O)CN(c2cccc(Cl)c2C)S(=O)(=O)c2ccccc2)cc(Br)c1OCc1ccccc1Cl. The number of anilines is 1. The number of amides is 1. The van der Waals surface area contributed by atoms with E-state index in [2.05, 4.69) is 26.5 Å². The number of ether oxygens (including phenoxy) is 2. The number of nitrogens with zero attached hydrogens (tertiary/aromatic N) is 2. The average molecular weight is 691 g/mol. The van der Waals surface area contributed by atoms with Crippen LogP contribution in [0.15, 0.2) is 99.4 Å². The van der Waals surface area contributed by atoms with E-state index in [0.717, 1.165) is 9.87 Å². The summed E-state index contributed by atoms with van der Waals surface area (Å²) in [4.78, 5) is 13.0. The summed E-state index contributed by atoms with van der Waals surface area (Å²) in [7, 11) is -2.59. The molecule has 0 saturated heterocycles. The smallest absolute Gasteiger partial charge is 0.264 e. The minimum absolute atomic E-state index is 0.0365. The first kappa shape index (κ1) is 31.4. The lowest BCUT2D eigenvalue weighted by Crippen LogP contribution is -2.40. The fourth-order valence-corrected chi connectivity index (χ4v) is 6.38. The fourth-order valence-electron chi connectivity index (χ4n) is 3.95. The number of hydrogen-bond acceptors (Lipinski definition) is 6. The van der Waals surface area contributed by atoms with Crippen LogP contribution < -0.4 is 19.2 Å². The van der Waals surface area contributed by atoms with Gasteiger partial charge in [0.1, 0.15) is 13.2 Å². The van der Waals surface area contributed by atoms with Crippen LogP contribution >= 0.6 is 39.1 Å². The van der Waals surface area contributed by atoms with E-state index in [-0.39, 0.29) is 17.2 Å². The molecule has 42 heavy (non-hydrogen) atoms. The number of carbonyl (C=O) groups is 1. The highest BCUT2D eigenvalue weighted by molar-refractivity contribution is 9.10. The molecular formula is C30H26BrCl2N3O5S. The van der Waals surface area contributed by atoms with Crippen molar-refractivity contribution >= 4 is 67.0 Å². The standard InChI is InChI=1S/C30H26BrCl2N3O5S/c1-20-25(32)13-8-14-27(20)36(42(38,39)23-10-4-3-5-11-23)18-29(37)35-34-17-21-15-24(31)30(28(16-21)40-2)41-19-22-9-6-7-12-26(22)33/h3-17H,18-19H2,1-2H3,(H,35,37)/b34-17-. The van der Waals surface area contributed by atoms with Gasteiger partial charge in [0, 0.05) is 15.6 Å². The van der Waals surface area contributed by atoms with E-state index >= 15 is 0 Å². The molecule has 0 radical (unpaired) electrons. The molecule has 0 bridgehead atoms. The molecule has 0 aromatic heterocycles. The highest BCUT2D eigenvalue weighted by Gasteiger charge is 2.28. The molecule has 0 aliphatic rings. The maximum absolute atomic E-state index is 13.6. The summed E-state index contributed by atoms with van der Waals surface area (Å²) >= 11 is 16.0. The second-order valence-corrected chi connectivity index (χ2v) is 12.4. The Morgan fingerprint density at radius 2 is 1.69 bits per heavy atom. The van der Waals surface area contributed by atoms with Gasteiger partial charge in [0.15, 0.2) is 11.5 Å². The molecule has 0 fully saturated rings. The molecule has 0 spiro atoms. The molecule has 0 aliphatic heterocycles. The first-order valence-corrected chi connectivity index (χ1v) is 15.5. The number of methoxy groups -OCH3 is 1. The lowest BCUT2D eigenvalue weighted by molar-refractivity contribution is -0.119. The van der Waals surface area contributed by atoms with E-state index in [4.69, 9.17) is 32.7 Å². The number of rotatable bonds is 11. The van der Waals surface area contributed by atoms with E-state index in [1.807, 2.05) is 18.2 Å². The third kappa shape index (κ3) is 7.43. The highest BCUT2D eigenvalue weighted by Crippen LogP contribution is 2.37. The molecule has 0 saturated carbocycles. The van der Waals surface area contributed by atoms with Crippen LogP contribution in [0.4, 0.5) is 5.69 Å². The molecule has 4 aromatic rings. The molecule has 0 unspecified atom stereocenters. The van der Waals surface area contributed by atoms with Gasteiger partial charge in [0.25, 0.3) is 15.9 Å². The van der Waals surface area contributed by atoms with Crippen LogP contribution in [0.3, 0.4) is 0 Å². The predicted molar refractivity (Wildman–Crippen MR) is 169 cm³/mol. The van der Waals surface area contributed by atoms with Crippen molar-refractivity contribution in [2.45, 2.75) is 18.4 Å². The normalized spacial score (nSPS) is 11.4. The zero-order valence-corrected chi connectivity index (χ0v) is 26.5. The lowest BCUT2D eigenvalue weighted by Gasteiger charge is -2.25. The lowest BCUT2D eigenvalue weighted by atomic mass is 10.2. The van der Waals surface area contributed by atoms with E-state index in [9.17, 15) is 13.2 Å². The topological polar surface area (TPSA) is 97.3 Å². The molecule has 12 heteroatoms. The largest absolute Gasteiger partial charge is 0.493 e. The monoisotopic (exact) mass is 689 g/mol. The van der Waals surface area contributed by atoms with Crippen LogP contribution in [0, 0.1) is 6.92 Å². The van der Waals surface area contributed by atoms with Crippen molar-refractivity contribution in [3.05, 3.63) is 116 Å². The molecule has 4 rings (SSSR count). The molecule has 0 heterocycles. The van der Waals surface area contributed by atoms with E-state index in [0.29, 0.717) is 37.1 Å². The van der Waals surface area contributed by atoms with Gasteiger partial charge >= 0.3 is 0 Å². The number of benzene rings is 4. The van der Waals surface area contributed by atoms with Crippen LogP contribution in [0.1, 0.15) is 16.7 Å². The number of carbonyl (C=O) groups excluding carboxylic acids is 1. The van der Waals surface area contributed by atoms with Crippen molar-refractivity contribution < 1.29 is 22.7 Å². The van der Waals surface area contributed by atoms with Gasteiger partial charge in [0.2, 0.25) is 0 Å². The van der Waals surface area contributed by atoms with Crippen molar-refractivity contribution in [1.29, 1.82) is 0 Å². The molecule has 0 atom stereocenters. The van der Waals surface area contributed by atoms with Crippen molar-refractivity contribution in [2.75, 3.05) is 18.0 Å². The summed E-state index contributed by atoms with van der Waals surface area (Å²) in [5.74, 6) is 0.244. The predicted octanol–water partition coefficient (Wildman–Crippen LogP) is 7.00. The number of sulfonamides is 1. The Balaban J connectivity index is 1.51. The maximum Gasteiger partial charge on any atom is 0.264 e. The van der Waals surface area contributed by atoms with Crippen molar-refractivity contribution in [2.24, 2.45) is 5.10 Å². The number of nitrogens with one attached hydrogen (secondary N) is 1. The van der Waals surface area contributed by atoms with Crippen LogP contribution in [0.2, 0.25) is 10.0 Å². The quantitative estimate of drug-likeness (QED) is 0.135. The first-order valence-electron chi connectivity index (χ1n) is 12.5. The Kier molecular flexibility index (Phi) is 10.5. The van der Waals surface area contributed by atoms with Gasteiger partial charge in [-0.15, -0.1) is 0 Å². The zero-order valence-electron chi connectivity index (χ0n) is 22.6. The molecule has 4 aromatic carbocycles. The Morgan fingerprint density at radius 3 is 2.40 bits per heavy atom. The summed E-state index contributed by atoms with van der Waals surface area (Å²) in [5, 5.41) is 4.99. The summed E-state index contributed by atoms with van der Waals surface area (Å²) < 4.78 is 40.2. The second kappa shape index (κ2) is 14.1. The molecule has 1 amide bonds. The van der Waals surface area contributed by atoms with Gasteiger partial charge in [-0.05, 0) is 76.4 Å².